The van der Waals surface area contributed by atoms with Gasteiger partial charge in [0.25, 0.3) is 0 Å². The first-order valence-corrected chi connectivity index (χ1v) is 9.83. The summed E-state index contributed by atoms with van der Waals surface area (Å²) in [5.41, 5.74) is 7.24. The van der Waals surface area contributed by atoms with Gasteiger partial charge in [-0.15, -0.1) is 11.8 Å². The first-order valence-electron chi connectivity index (χ1n) is 8.78. The summed E-state index contributed by atoms with van der Waals surface area (Å²) in [6.07, 6.45) is 7.48. The number of aromatic nitrogens is 4. The van der Waals surface area contributed by atoms with Gasteiger partial charge in [-0.3, -0.25) is 4.57 Å². The average Bonchev–Trinajstić information content (AvgIpc) is 3.36. The third-order valence-electron chi connectivity index (χ3n) is 4.42. The zero-order chi connectivity index (χ0) is 18.6. The number of nitrogens with zero attached hydrogens (tertiary/aromatic N) is 4. The summed E-state index contributed by atoms with van der Waals surface area (Å²) in [5, 5.41) is 0.129. The summed E-state index contributed by atoms with van der Waals surface area (Å²) in [6, 6.07) is 9.98. The van der Waals surface area contributed by atoms with Gasteiger partial charge in [0.15, 0.2) is 0 Å². The fourth-order valence-corrected chi connectivity index (χ4v) is 4.32. The van der Waals surface area contributed by atoms with Crippen molar-refractivity contribution in [3.05, 3.63) is 65.0 Å². The number of nitrogen functional groups attached to an aromatic ring is 1. The van der Waals surface area contributed by atoms with Crippen LogP contribution < -0.4 is 11.4 Å². The van der Waals surface area contributed by atoms with Crippen LogP contribution in [0.4, 0.5) is 5.82 Å². The van der Waals surface area contributed by atoms with Gasteiger partial charge in [0.2, 0.25) is 0 Å². The molecule has 0 bridgehead atoms. The molecule has 4 rings (SSSR count). The Hall–Kier alpha value is -2.98. The molecule has 0 saturated carbocycles. The van der Waals surface area contributed by atoms with Gasteiger partial charge < -0.3 is 10.3 Å². The summed E-state index contributed by atoms with van der Waals surface area (Å²) in [5.74, 6) is 8.30. The third kappa shape index (κ3) is 3.76. The third-order valence-corrected chi connectivity index (χ3v) is 5.79. The summed E-state index contributed by atoms with van der Waals surface area (Å²) in [7, 11) is 0. The van der Waals surface area contributed by atoms with Crippen LogP contribution in [0, 0.1) is 11.8 Å². The lowest BCUT2D eigenvalue weighted by molar-refractivity contribution is 0.608. The Bertz CT molecular complexity index is 1060. The molecule has 2 N–H and O–H groups in total. The molecule has 1 atom stereocenters. The van der Waals surface area contributed by atoms with Crippen LogP contribution in [0.15, 0.2) is 53.7 Å². The molecular formula is C20H19N5OS. The van der Waals surface area contributed by atoms with E-state index in [-0.39, 0.29) is 16.9 Å². The van der Waals surface area contributed by atoms with Crippen LogP contribution in [0.3, 0.4) is 0 Å². The van der Waals surface area contributed by atoms with Crippen molar-refractivity contribution in [1.82, 2.24) is 19.1 Å². The number of thioether (sulfide) groups is 1. The smallest absolute Gasteiger partial charge is 0.350 e. The maximum atomic E-state index is 12.1. The Morgan fingerprint density at radius 1 is 1.30 bits per heavy atom. The van der Waals surface area contributed by atoms with Crippen molar-refractivity contribution in [3.63, 3.8) is 0 Å². The highest BCUT2D eigenvalue weighted by molar-refractivity contribution is 7.99. The van der Waals surface area contributed by atoms with E-state index in [1.54, 1.807) is 28.7 Å². The number of benzene rings is 1. The van der Waals surface area contributed by atoms with Crippen LogP contribution in [0.2, 0.25) is 0 Å². The van der Waals surface area contributed by atoms with E-state index in [0.29, 0.717) is 12.1 Å². The van der Waals surface area contributed by atoms with E-state index in [1.165, 1.54) is 0 Å². The molecule has 0 spiro atoms. The quantitative estimate of drug-likeness (QED) is 0.710. The fraction of sp³-hybridized carbons (Fsp3) is 0.250. The van der Waals surface area contributed by atoms with E-state index in [1.807, 2.05) is 41.1 Å². The molecule has 7 heteroatoms. The molecule has 1 unspecified atom stereocenters. The molecule has 136 valence electrons. The normalized spacial score (nSPS) is 16.1. The molecule has 27 heavy (non-hydrogen) atoms. The number of anilines is 1. The number of hydrogen-bond donors (Lipinski definition) is 1. The van der Waals surface area contributed by atoms with Gasteiger partial charge in [0, 0.05) is 24.2 Å². The van der Waals surface area contributed by atoms with Gasteiger partial charge in [0.1, 0.15) is 11.6 Å². The van der Waals surface area contributed by atoms with E-state index in [4.69, 9.17) is 5.73 Å². The number of imidazole rings is 1. The first-order chi connectivity index (χ1) is 13.2. The predicted octanol–water partition coefficient (Wildman–Crippen LogP) is 2.77. The first kappa shape index (κ1) is 17.4. The van der Waals surface area contributed by atoms with Gasteiger partial charge in [-0.1, -0.05) is 42.2 Å². The molecule has 1 saturated heterocycles. The highest BCUT2D eigenvalue weighted by Crippen LogP contribution is 2.34. The Morgan fingerprint density at radius 2 is 2.15 bits per heavy atom. The topological polar surface area (TPSA) is 78.7 Å². The van der Waals surface area contributed by atoms with Crippen molar-refractivity contribution in [2.45, 2.75) is 24.8 Å². The molecule has 0 amide bonds. The van der Waals surface area contributed by atoms with Gasteiger partial charge in [-0.2, -0.15) is 4.98 Å². The lowest BCUT2D eigenvalue weighted by Crippen LogP contribution is -2.26. The van der Waals surface area contributed by atoms with Crippen molar-refractivity contribution in [3.8, 4) is 23.2 Å². The number of nitrogens with two attached hydrogens (primary N) is 1. The van der Waals surface area contributed by atoms with Gasteiger partial charge in [0.05, 0.1) is 17.5 Å². The lowest BCUT2D eigenvalue weighted by Gasteiger charge is -2.12. The maximum Gasteiger partial charge on any atom is 0.350 e. The molecule has 0 aliphatic carbocycles. The molecular weight excluding hydrogens is 358 g/mol. The molecule has 1 aliphatic heterocycles. The Balaban J connectivity index is 1.58. The van der Waals surface area contributed by atoms with Gasteiger partial charge >= 0.3 is 5.69 Å². The standard InChI is InChI=1S/C20H19N5OS/c21-18-16(14-25(20(26)23-18)17-9-5-13-27-17)8-4-11-24-12-10-22-19(24)15-6-2-1-3-7-15/h1-3,6-7,10,12,14,17H,5,9,11,13H2,(H2,21,23,26). The lowest BCUT2D eigenvalue weighted by atomic mass is 10.2. The van der Waals surface area contributed by atoms with Crippen LogP contribution in [0.25, 0.3) is 11.4 Å². The van der Waals surface area contributed by atoms with Gasteiger partial charge in [-0.05, 0) is 18.6 Å². The Kier molecular flexibility index (Phi) is 4.99. The van der Waals surface area contributed by atoms with E-state index in [0.717, 1.165) is 30.0 Å². The van der Waals surface area contributed by atoms with Crippen molar-refractivity contribution in [1.29, 1.82) is 0 Å². The van der Waals surface area contributed by atoms with Crippen LogP contribution in [-0.2, 0) is 6.54 Å². The molecule has 1 fully saturated rings. The van der Waals surface area contributed by atoms with E-state index in [9.17, 15) is 4.79 Å². The average molecular weight is 377 g/mol. The Morgan fingerprint density at radius 3 is 2.93 bits per heavy atom. The second-order valence-corrected chi connectivity index (χ2v) is 7.53. The summed E-state index contributed by atoms with van der Waals surface area (Å²) >= 11 is 1.77. The van der Waals surface area contributed by atoms with Crippen molar-refractivity contribution < 1.29 is 0 Å². The number of rotatable bonds is 3. The summed E-state index contributed by atoms with van der Waals surface area (Å²) in [4.78, 5) is 20.5. The van der Waals surface area contributed by atoms with Crippen LogP contribution in [-0.4, -0.2) is 24.9 Å². The van der Waals surface area contributed by atoms with Crippen molar-refractivity contribution in [2.24, 2.45) is 0 Å². The van der Waals surface area contributed by atoms with Crippen molar-refractivity contribution in [2.75, 3.05) is 11.5 Å². The summed E-state index contributed by atoms with van der Waals surface area (Å²) < 4.78 is 3.64. The minimum Gasteiger partial charge on any atom is -0.382 e. The van der Waals surface area contributed by atoms with Gasteiger partial charge in [-0.25, -0.2) is 9.78 Å². The maximum absolute atomic E-state index is 12.1. The molecule has 3 aromatic rings. The minimum absolute atomic E-state index is 0.129. The fourth-order valence-electron chi connectivity index (χ4n) is 3.07. The molecule has 0 radical (unpaired) electrons. The van der Waals surface area contributed by atoms with E-state index >= 15 is 0 Å². The SMILES string of the molecule is Nc1nc(=O)n(C2CCCS2)cc1C#CCn1ccnc1-c1ccccc1. The highest BCUT2D eigenvalue weighted by atomic mass is 32.2. The molecule has 1 aromatic carbocycles. The second kappa shape index (κ2) is 7.72. The van der Waals surface area contributed by atoms with Crippen LogP contribution in [0.1, 0.15) is 23.8 Å². The zero-order valence-corrected chi connectivity index (χ0v) is 15.5. The van der Waals surface area contributed by atoms with E-state index < -0.39 is 0 Å². The van der Waals surface area contributed by atoms with E-state index in [2.05, 4.69) is 21.8 Å². The number of hydrogen-bond acceptors (Lipinski definition) is 5. The molecule has 1 aliphatic rings. The summed E-state index contributed by atoms with van der Waals surface area (Å²) in [6.45, 7) is 0.473. The zero-order valence-electron chi connectivity index (χ0n) is 14.7. The molecule has 3 heterocycles. The Labute approximate surface area is 161 Å². The largest absolute Gasteiger partial charge is 0.382 e. The highest BCUT2D eigenvalue weighted by Gasteiger charge is 2.19. The molecule has 6 nitrogen and oxygen atoms in total. The second-order valence-electron chi connectivity index (χ2n) is 6.24. The van der Waals surface area contributed by atoms with Crippen molar-refractivity contribution >= 4 is 17.6 Å². The monoisotopic (exact) mass is 377 g/mol. The predicted molar refractivity (Wildman–Crippen MR) is 108 cm³/mol. The minimum atomic E-state index is -0.307. The molecule has 2 aromatic heterocycles. The van der Waals surface area contributed by atoms with Crippen LogP contribution >= 0.6 is 11.8 Å². The van der Waals surface area contributed by atoms with Crippen LogP contribution in [0.5, 0.6) is 0 Å².